The van der Waals surface area contributed by atoms with E-state index in [1.54, 1.807) is 12.1 Å². The van der Waals surface area contributed by atoms with Crippen LogP contribution in [0.3, 0.4) is 0 Å². The van der Waals surface area contributed by atoms with E-state index in [0.717, 1.165) is 17.0 Å². The number of nitrogens with zero attached hydrogens (tertiary/aromatic N) is 2. The molecule has 0 spiro atoms. The predicted molar refractivity (Wildman–Crippen MR) is 105 cm³/mol. The molecule has 138 valence electrons. The molecular weight excluding hydrogens is 340 g/mol. The molecule has 0 bridgehead atoms. The summed E-state index contributed by atoms with van der Waals surface area (Å²) in [6.45, 7) is 4.61. The number of allylic oxidation sites excluding steroid dienone is 1. The number of methoxy groups -OCH3 is 1. The van der Waals surface area contributed by atoms with Crippen molar-refractivity contribution < 1.29 is 14.6 Å². The Balaban J connectivity index is 1.82. The molecule has 0 radical (unpaired) electrons. The van der Waals surface area contributed by atoms with E-state index in [0.29, 0.717) is 12.1 Å². The first kappa shape index (κ1) is 18.5. The van der Waals surface area contributed by atoms with Crippen molar-refractivity contribution in [1.82, 2.24) is 9.78 Å². The van der Waals surface area contributed by atoms with Gasteiger partial charge in [-0.2, -0.15) is 5.10 Å². The summed E-state index contributed by atoms with van der Waals surface area (Å²) in [6, 6.07) is 14.7. The molecule has 3 aromatic rings. The molecule has 3 rings (SSSR count). The first-order chi connectivity index (χ1) is 13.0. The maximum Gasteiger partial charge on any atom is 0.185 e. The van der Waals surface area contributed by atoms with E-state index >= 15 is 0 Å². The summed E-state index contributed by atoms with van der Waals surface area (Å²) in [6.07, 6.45) is 3.32. The van der Waals surface area contributed by atoms with Gasteiger partial charge in [-0.3, -0.25) is 9.48 Å². The first-order valence-electron chi connectivity index (χ1n) is 8.67. The first-order valence-corrected chi connectivity index (χ1v) is 8.67. The van der Waals surface area contributed by atoms with E-state index in [1.807, 2.05) is 36.7 Å². The Labute approximate surface area is 158 Å². The van der Waals surface area contributed by atoms with Gasteiger partial charge in [0.2, 0.25) is 0 Å². The third kappa shape index (κ3) is 4.08. The van der Waals surface area contributed by atoms with Crippen LogP contribution in [0.25, 0.3) is 6.08 Å². The van der Waals surface area contributed by atoms with Crippen LogP contribution in [0.2, 0.25) is 0 Å². The van der Waals surface area contributed by atoms with Gasteiger partial charge >= 0.3 is 0 Å². The van der Waals surface area contributed by atoms with Crippen molar-refractivity contribution in [2.24, 2.45) is 0 Å². The van der Waals surface area contributed by atoms with Crippen LogP contribution in [-0.4, -0.2) is 27.8 Å². The number of rotatable bonds is 6. The van der Waals surface area contributed by atoms with E-state index < -0.39 is 0 Å². The van der Waals surface area contributed by atoms with Crippen LogP contribution < -0.4 is 4.74 Å². The molecule has 1 N–H and O–H groups in total. The van der Waals surface area contributed by atoms with Crippen LogP contribution in [0.4, 0.5) is 0 Å². The highest BCUT2D eigenvalue weighted by Gasteiger charge is 2.11. The molecule has 1 heterocycles. The zero-order valence-electron chi connectivity index (χ0n) is 15.6. The average Bonchev–Trinajstić information content (AvgIpc) is 2.94. The molecule has 0 saturated heterocycles. The van der Waals surface area contributed by atoms with Crippen molar-refractivity contribution in [3.8, 4) is 11.5 Å². The standard InChI is InChI=1S/C22H22N2O3/c1-15-19(16(2)24(23-15)14-17-7-5-4-6-8-17)10-12-20(25)18-9-11-21(26)22(13-18)27-3/h4-13,26H,14H2,1-3H3/b12-10+. The van der Waals surface area contributed by atoms with Crippen LogP contribution in [0, 0.1) is 13.8 Å². The number of hydrogen-bond acceptors (Lipinski definition) is 4. The van der Waals surface area contributed by atoms with E-state index in [4.69, 9.17) is 4.74 Å². The van der Waals surface area contributed by atoms with Gasteiger partial charge < -0.3 is 9.84 Å². The third-order valence-electron chi connectivity index (χ3n) is 4.48. The van der Waals surface area contributed by atoms with Crippen LogP contribution in [0.15, 0.2) is 54.6 Å². The highest BCUT2D eigenvalue weighted by molar-refractivity contribution is 6.07. The van der Waals surface area contributed by atoms with Gasteiger partial charge in [0, 0.05) is 16.8 Å². The van der Waals surface area contributed by atoms with E-state index in [2.05, 4.69) is 17.2 Å². The van der Waals surface area contributed by atoms with Crippen molar-refractivity contribution in [1.29, 1.82) is 0 Å². The molecule has 0 saturated carbocycles. The Bertz CT molecular complexity index is 988. The lowest BCUT2D eigenvalue weighted by molar-refractivity contribution is 0.104. The number of ether oxygens (including phenoxy) is 1. The number of benzene rings is 2. The van der Waals surface area contributed by atoms with Crippen LogP contribution >= 0.6 is 0 Å². The second kappa shape index (κ2) is 7.91. The lowest BCUT2D eigenvalue weighted by Gasteiger charge is -2.05. The minimum Gasteiger partial charge on any atom is -0.504 e. The molecule has 0 atom stereocenters. The summed E-state index contributed by atoms with van der Waals surface area (Å²) in [5.41, 5.74) is 4.43. The maximum absolute atomic E-state index is 12.5. The van der Waals surface area contributed by atoms with Crippen LogP contribution in [0.1, 0.15) is 32.9 Å². The highest BCUT2D eigenvalue weighted by atomic mass is 16.5. The van der Waals surface area contributed by atoms with Gasteiger partial charge in [0.25, 0.3) is 0 Å². The molecule has 27 heavy (non-hydrogen) atoms. The lowest BCUT2D eigenvalue weighted by Crippen LogP contribution is -2.03. The van der Waals surface area contributed by atoms with Crippen molar-refractivity contribution in [2.75, 3.05) is 7.11 Å². The van der Waals surface area contributed by atoms with Gasteiger partial charge in [-0.1, -0.05) is 30.3 Å². The number of hydrogen-bond donors (Lipinski definition) is 1. The summed E-state index contributed by atoms with van der Waals surface area (Å²) in [5, 5.41) is 14.3. The molecular formula is C22H22N2O3. The highest BCUT2D eigenvalue weighted by Crippen LogP contribution is 2.26. The van der Waals surface area contributed by atoms with Gasteiger partial charge in [0.15, 0.2) is 17.3 Å². The van der Waals surface area contributed by atoms with E-state index in [1.165, 1.54) is 30.9 Å². The predicted octanol–water partition coefficient (Wildman–Crippen LogP) is 4.16. The molecule has 5 heteroatoms. The Kier molecular flexibility index (Phi) is 5.41. The minimum atomic E-state index is -0.164. The number of carbonyl (C=O) groups is 1. The largest absolute Gasteiger partial charge is 0.504 e. The fourth-order valence-corrected chi connectivity index (χ4v) is 2.95. The second-order valence-electron chi connectivity index (χ2n) is 6.31. The van der Waals surface area contributed by atoms with E-state index in [-0.39, 0.29) is 17.3 Å². The van der Waals surface area contributed by atoms with Gasteiger partial charge in [-0.15, -0.1) is 0 Å². The normalized spacial score (nSPS) is 11.1. The molecule has 0 fully saturated rings. The fraction of sp³-hybridized carbons (Fsp3) is 0.182. The summed E-state index contributed by atoms with van der Waals surface area (Å²) in [7, 11) is 1.45. The molecule has 0 aliphatic rings. The van der Waals surface area contributed by atoms with Crippen LogP contribution in [0.5, 0.6) is 11.5 Å². The second-order valence-corrected chi connectivity index (χ2v) is 6.31. The topological polar surface area (TPSA) is 64.3 Å². The molecule has 0 aliphatic carbocycles. The summed E-state index contributed by atoms with van der Waals surface area (Å²) < 4.78 is 7.00. The number of phenolic OH excluding ortho intramolecular Hbond substituents is 1. The molecule has 0 unspecified atom stereocenters. The Morgan fingerprint density at radius 3 is 2.63 bits per heavy atom. The van der Waals surface area contributed by atoms with Gasteiger partial charge in [-0.25, -0.2) is 0 Å². The minimum absolute atomic E-state index is 0.00640. The number of aromatic nitrogens is 2. The molecule has 5 nitrogen and oxygen atoms in total. The Hall–Kier alpha value is -3.34. The van der Waals surface area contributed by atoms with Crippen molar-refractivity contribution in [3.05, 3.63) is 82.7 Å². The molecule has 2 aromatic carbocycles. The van der Waals surface area contributed by atoms with E-state index in [9.17, 15) is 9.90 Å². The number of carbonyl (C=O) groups excluding carboxylic acids is 1. The Morgan fingerprint density at radius 1 is 1.19 bits per heavy atom. The molecule has 0 aliphatic heterocycles. The van der Waals surface area contributed by atoms with Crippen molar-refractivity contribution in [3.63, 3.8) is 0 Å². The van der Waals surface area contributed by atoms with Gasteiger partial charge in [0.05, 0.1) is 19.3 Å². The van der Waals surface area contributed by atoms with Gasteiger partial charge in [0.1, 0.15) is 0 Å². The zero-order valence-corrected chi connectivity index (χ0v) is 15.6. The molecule has 1 aromatic heterocycles. The Morgan fingerprint density at radius 2 is 1.93 bits per heavy atom. The fourth-order valence-electron chi connectivity index (χ4n) is 2.95. The monoisotopic (exact) mass is 362 g/mol. The summed E-state index contributed by atoms with van der Waals surface area (Å²) in [5.74, 6) is 0.118. The number of aryl methyl sites for hydroxylation is 1. The average molecular weight is 362 g/mol. The van der Waals surface area contributed by atoms with Crippen LogP contribution in [-0.2, 0) is 6.54 Å². The van der Waals surface area contributed by atoms with Crippen molar-refractivity contribution >= 4 is 11.9 Å². The third-order valence-corrected chi connectivity index (χ3v) is 4.48. The quantitative estimate of drug-likeness (QED) is 0.528. The number of phenols is 1. The number of aromatic hydroxyl groups is 1. The zero-order chi connectivity index (χ0) is 19.4. The lowest BCUT2D eigenvalue weighted by atomic mass is 10.1. The summed E-state index contributed by atoms with van der Waals surface area (Å²) >= 11 is 0. The maximum atomic E-state index is 12.5. The SMILES string of the molecule is COc1cc(C(=O)/C=C/c2c(C)nn(Cc3ccccc3)c2C)ccc1O. The molecule has 0 amide bonds. The van der Waals surface area contributed by atoms with Crippen molar-refractivity contribution in [2.45, 2.75) is 20.4 Å². The van der Waals surface area contributed by atoms with Gasteiger partial charge in [-0.05, 0) is 49.8 Å². The number of ketones is 1. The smallest absolute Gasteiger partial charge is 0.185 e. The summed E-state index contributed by atoms with van der Waals surface area (Å²) in [4.78, 5) is 12.5.